The molecule has 1 heteroatoms. The lowest BCUT2D eigenvalue weighted by Crippen LogP contribution is -2.14. The highest BCUT2D eigenvalue weighted by molar-refractivity contribution is 5.34. The summed E-state index contributed by atoms with van der Waals surface area (Å²) >= 11 is 0. The van der Waals surface area contributed by atoms with Crippen LogP contribution >= 0.6 is 0 Å². The number of nitrogens with one attached hydrogen (secondary N) is 1. The van der Waals surface area contributed by atoms with Gasteiger partial charge in [-0.3, -0.25) is 0 Å². The van der Waals surface area contributed by atoms with Gasteiger partial charge in [-0.15, -0.1) is 0 Å². The number of benzene rings is 1. The fraction of sp³-hybridized carbons (Fsp3) is 0.467. The maximum atomic E-state index is 3.66. The van der Waals surface area contributed by atoms with Crippen LogP contribution in [0.25, 0.3) is 0 Å². The number of hydrogen-bond acceptors (Lipinski definition) is 1. The van der Waals surface area contributed by atoms with Crippen molar-refractivity contribution in [3.63, 3.8) is 0 Å². The molecule has 1 rings (SSSR count). The van der Waals surface area contributed by atoms with E-state index in [0.29, 0.717) is 0 Å². The van der Waals surface area contributed by atoms with E-state index in [-0.39, 0.29) is 5.41 Å². The molecule has 0 amide bonds. The third-order valence-electron chi connectivity index (χ3n) is 2.90. The molecule has 0 spiro atoms. The average Bonchev–Trinajstić information content (AvgIpc) is 2.19. The smallest absolute Gasteiger partial charge is 0.0181 e. The van der Waals surface area contributed by atoms with Gasteiger partial charge in [0, 0.05) is 6.54 Å². The Labute approximate surface area is 99.6 Å². The standard InChI is InChI=1S/C15H23N/c1-6-16-10-9-13-11-14(15(3,4)5)8-7-12(13)2/h6-8,11,16H,1,9-10H2,2-5H3. The number of hydrogen-bond donors (Lipinski definition) is 1. The molecule has 0 aliphatic carbocycles. The van der Waals surface area contributed by atoms with Gasteiger partial charge in [-0.2, -0.15) is 0 Å². The van der Waals surface area contributed by atoms with Crippen molar-refractivity contribution in [3.05, 3.63) is 47.7 Å². The van der Waals surface area contributed by atoms with Crippen molar-refractivity contribution in [1.82, 2.24) is 5.32 Å². The van der Waals surface area contributed by atoms with Crippen LogP contribution in [0.1, 0.15) is 37.5 Å². The summed E-state index contributed by atoms with van der Waals surface area (Å²) in [6.45, 7) is 13.6. The molecule has 0 atom stereocenters. The summed E-state index contributed by atoms with van der Waals surface area (Å²) in [6.07, 6.45) is 2.81. The van der Waals surface area contributed by atoms with E-state index in [2.05, 4.69) is 57.8 Å². The molecule has 0 radical (unpaired) electrons. The summed E-state index contributed by atoms with van der Waals surface area (Å²) in [5.74, 6) is 0. The van der Waals surface area contributed by atoms with Crippen LogP contribution in [0.4, 0.5) is 0 Å². The first kappa shape index (κ1) is 12.8. The third-order valence-corrected chi connectivity index (χ3v) is 2.90. The van der Waals surface area contributed by atoms with Gasteiger partial charge in [-0.05, 0) is 41.6 Å². The van der Waals surface area contributed by atoms with Crippen molar-refractivity contribution in [2.24, 2.45) is 0 Å². The molecule has 0 bridgehead atoms. The second-order valence-electron chi connectivity index (χ2n) is 5.30. The van der Waals surface area contributed by atoms with Gasteiger partial charge < -0.3 is 5.32 Å². The molecule has 0 unspecified atom stereocenters. The summed E-state index contributed by atoms with van der Waals surface area (Å²) in [7, 11) is 0. The van der Waals surface area contributed by atoms with Crippen molar-refractivity contribution in [2.45, 2.75) is 39.5 Å². The van der Waals surface area contributed by atoms with Crippen molar-refractivity contribution in [1.29, 1.82) is 0 Å². The maximum Gasteiger partial charge on any atom is 0.0181 e. The van der Waals surface area contributed by atoms with Gasteiger partial charge in [0.05, 0.1) is 0 Å². The fourth-order valence-electron chi connectivity index (χ4n) is 1.72. The largest absolute Gasteiger partial charge is 0.391 e. The Balaban J connectivity index is 2.86. The van der Waals surface area contributed by atoms with Gasteiger partial charge >= 0.3 is 0 Å². The SMILES string of the molecule is C=CNCCc1cc(C(C)(C)C)ccc1C. The Morgan fingerprint density at radius 1 is 1.31 bits per heavy atom. The number of aryl methyl sites for hydroxylation is 1. The minimum Gasteiger partial charge on any atom is -0.391 e. The predicted molar refractivity (Wildman–Crippen MR) is 71.8 cm³/mol. The Morgan fingerprint density at radius 3 is 2.56 bits per heavy atom. The lowest BCUT2D eigenvalue weighted by atomic mass is 9.85. The zero-order valence-corrected chi connectivity index (χ0v) is 10.9. The molecule has 88 valence electrons. The molecule has 1 aromatic carbocycles. The van der Waals surface area contributed by atoms with Crippen LogP contribution in [0, 0.1) is 6.92 Å². The highest BCUT2D eigenvalue weighted by atomic mass is 14.8. The zero-order chi connectivity index (χ0) is 12.2. The van der Waals surface area contributed by atoms with E-state index in [0.717, 1.165) is 13.0 Å². The quantitative estimate of drug-likeness (QED) is 0.760. The Kier molecular flexibility index (Phi) is 4.17. The Hall–Kier alpha value is -1.24. The van der Waals surface area contributed by atoms with Crippen molar-refractivity contribution in [2.75, 3.05) is 6.54 Å². The van der Waals surface area contributed by atoms with Gasteiger partial charge in [0.25, 0.3) is 0 Å². The second kappa shape index (κ2) is 5.20. The van der Waals surface area contributed by atoms with Gasteiger partial charge in [0.15, 0.2) is 0 Å². The summed E-state index contributed by atoms with van der Waals surface area (Å²) < 4.78 is 0. The molecule has 0 aliphatic heterocycles. The highest BCUT2D eigenvalue weighted by Gasteiger charge is 2.14. The predicted octanol–water partition coefficient (Wildman–Crippen LogP) is 3.57. The van der Waals surface area contributed by atoms with Crippen LogP contribution in [0.5, 0.6) is 0 Å². The monoisotopic (exact) mass is 217 g/mol. The molecular weight excluding hydrogens is 194 g/mol. The minimum atomic E-state index is 0.230. The molecule has 0 aromatic heterocycles. The molecule has 0 aliphatic rings. The third kappa shape index (κ3) is 3.41. The molecular formula is C15H23N. The topological polar surface area (TPSA) is 12.0 Å². The van der Waals surface area contributed by atoms with Crippen LogP contribution in [0.15, 0.2) is 31.0 Å². The van der Waals surface area contributed by atoms with Crippen molar-refractivity contribution in [3.8, 4) is 0 Å². The van der Waals surface area contributed by atoms with E-state index in [1.165, 1.54) is 16.7 Å². The van der Waals surface area contributed by atoms with Gasteiger partial charge in [0.1, 0.15) is 0 Å². The Morgan fingerprint density at radius 2 is 2.00 bits per heavy atom. The van der Waals surface area contributed by atoms with E-state index in [1.54, 1.807) is 6.20 Å². The van der Waals surface area contributed by atoms with Gasteiger partial charge in [0.2, 0.25) is 0 Å². The van der Waals surface area contributed by atoms with Crippen LogP contribution < -0.4 is 5.32 Å². The van der Waals surface area contributed by atoms with E-state index < -0.39 is 0 Å². The van der Waals surface area contributed by atoms with E-state index in [4.69, 9.17) is 0 Å². The Bertz CT molecular complexity index is 358. The van der Waals surface area contributed by atoms with Crippen LogP contribution in [0.2, 0.25) is 0 Å². The van der Waals surface area contributed by atoms with Gasteiger partial charge in [-0.25, -0.2) is 0 Å². The van der Waals surface area contributed by atoms with Gasteiger partial charge in [-0.1, -0.05) is 45.5 Å². The molecule has 0 heterocycles. The summed E-state index contributed by atoms with van der Waals surface area (Å²) in [6, 6.07) is 6.80. The molecule has 0 saturated heterocycles. The van der Waals surface area contributed by atoms with E-state index in [1.807, 2.05) is 0 Å². The highest BCUT2D eigenvalue weighted by Crippen LogP contribution is 2.24. The maximum absolute atomic E-state index is 3.66. The summed E-state index contributed by atoms with van der Waals surface area (Å²) in [5.41, 5.74) is 4.45. The fourth-order valence-corrected chi connectivity index (χ4v) is 1.72. The lowest BCUT2D eigenvalue weighted by molar-refractivity contribution is 0.589. The van der Waals surface area contributed by atoms with Crippen LogP contribution in [-0.2, 0) is 11.8 Å². The molecule has 0 fully saturated rings. The first-order valence-electron chi connectivity index (χ1n) is 5.89. The second-order valence-corrected chi connectivity index (χ2v) is 5.30. The summed E-state index contributed by atoms with van der Waals surface area (Å²) in [4.78, 5) is 0. The van der Waals surface area contributed by atoms with E-state index in [9.17, 15) is 0 Å². The first-order valence-corrected chi connectivity index (χ1v) is 5.89. The number of rotatable bonds is 4. The van der Waals surface area contributed by atoms with Crippen LogP contribution in [0.3, 0.4) is 0 Å². The van der Waals surface area contributed by atoms with Crippen molar-refractivity contribution < 1.29 is 0 Å². The molecule has 1 nitrogen and oxygen atoms in total. The lowest BCUT2D eigenvalue weighted by Gasteiger charge is -2.21. The zero-order valence-electron chi connectivity index (χ0n) is 10.9. The summed E-state index contributed by atoms with van der Waals surface area (Å²) in [5, 5.41) is 3.15. The molecule has 1 N–H and O–H groups in total. The molecule has 1 aromatic rings. The van der Waals surface area contributed by atoms with Crippen molar-refractivity contribution >= 4 is 0 Å². The minimum absolute atomic E-state index is 0.230. The molecule has 16 heavy (non-hydrogen) atoms. The molecule has 0 saturated carbocycles. The first-order chi connectivity index (χ1) is 7.45. The van der Waals surface area contributed by atoms with E-state index >= 15 is 0 Å². The van der Waals surface area contributed by atoms with Crippen LogP contribution in [-0.4, -0.2) is 6.54 Å². The average molecular weight is 217 g/mol. The normalized spacial score (nSPS) is 11.2.